The first-order chi connectivity index (χ1) is 11.1. The number of amides is 2. The predicted molar refractivity (Wildman–Crippen MR) is 85.6 cm³/mol. The minimum Gasteiger partial charge on any atom is -0.272 e. The molecule has 4 nitrogen and oxygen atoms in total. The molecule has 5 aliphatic rings. The van der Waals surface area contributed by atoms with Crippen molar-refractivity contribution in [3.63, 3.8) is 0 Å². The summed E-state index contributed by atoms with van der Waals surface area (Å²) in [5, 5.41) is 5.87. The Labute approximate surface area is 138 Å². The van der Waals surface area contributed by atoms with Gasteiger partial charge >= 0.3 is 0 Å². The van der Waals surface area contributed by atoms with Gasteiger partial charge in [0.2, 0.25) is 0 Å². The molecule has 1 aromatic rings. The van der Waals surface area contributed by atoms with Crippen molar-refractivity contribution in [3.8, 4) is 0 Å². The fraction of sp³-hybridized carbons (Fsp3) is 0.389. The lowest BCUT2D eigenvalue weighted by atomic mass is 9.63. The molecule has 2 amide bonds. The Morgan fingerprint density at radius 1 is 1.09 bits per heavy atom. The summed E-state index contributed by atoms with van der Waals surface area (Å²) in [5.41, 5.74) is 0.775. The summed E-state index contributed by atoms with van der Waals surface area (Å²) < 4.78 is 0. The molecule has 0 unspecified atom stereocenters. The molecule has 5 heteroatoms. The van der Waals surface area contributed by atoms with E-state index in [1.807, 2.05) is 12.1 Å². The highest BCUT2D eigenvalue weighted by Gasteiger charge is 2.67. The minimum atomic E-state index is -0.197. The van der Waals surface area contributed by atoms with Gasteiger partial charge in [0.05, 0.1) is 18.1 Å². The van der Waals surface area contributed by atoms with E-state index >= 15 is 0 Å². The van der Waals surface area contributed by atoms with E-state index in [2.05, 4.69) is 17.3 Å². The molecule has 0 aromatic heterocycles. The van der Waals surface area contributed by atoms with Crippen LogP contribution in [0.2, 0.25) is 5.02 Å². The number of hydrazone groups is 1. The standard InChI is InChI=1S/C18H15ClN2O2/c19-10-3-1-2-9(6-10)8-20-21-17(22)15-11-4-5-12(14-7-13(11)14)16(15)18(21)23/h1-6,8,11-16H,7H2/b20-8-/t11-,12-,13-,14-,15-,16+/m0/s1. The summed E-state index contributed by atoms with van der Waals surface area (Å²) in [5.74, 6) is 1.02. The Morgan fingerprint density at radius 3 is 2.35 bits per heavy atom. The van der Waals surface area contributed by atoms with Gasteiger partial charge in [0.15, 0.2) is 0 Å². The molecule has 1 saturated heterocycles. The highest BCUT2D eigenvalue weighted by Crippen LogP contribution is 2.65. The fourth-order valence-corrected chi connectivity index (χ4v) is 4.97. The Hall–Kier alpha value is -1.94. The first-order valence-corrected chi connectivity index (χ1v) is 8.38. The van der Waals surface area contributed by atoms with Crippen molar-refractivity contribution in [2.45, 2.75) is 6.42 Å². The zero-order chi connectivity index (χ0) is 15.7. The first kappa shape index (κ1) is 13.5. The maximum atomic E-state index is 12.7. The van der Waals surface area contributed by atoms with E-state index in [0.29, 0.717) is 16.9 Å². The van der Waals surface area contributed by atoms with Gasteiger partial charge in [-0.15, -0.1) is 0 Å². The highest BCUT2D eigenvalue weighted by atomic mass is 35.5. The molecule has 23 heavy (non-hydrogen) atoms. The van der Waals surface area contributed by atoms with E-state index in [4.69, 9.17) is 11.6 Å². The number of carbonyl (C=O) groups excluding carboxylic acids is 2. The fourth-order valence-electron chi connectivity index (χ4n) is 4.77. The van der Waals surface area contributed by atoms with E-state index in [1.165, 1.54) is 12.6 Å². The third-order valence-corrected chi connectivity index (χ3v) is 6.05. The third-order valence-electron chi connectivity index (χ3n) is 5.81. The molecule has 1 aliphatic heterocycles. The molecular weight excluding hydrogens is 312 g/mol. The number of nitrogens with zero attached hydrogens (tertiary/aromatic N) is 2. The van der Waals surface area contributed by atoms with E-state index in [-0.39, 0.29) is 35.5 Å². The average molecular weight is 327 g/mol. The Morgan fingerprint density at radius 2 is 1.74 bits per heavy atom. The largest absolute Gasteiger partial charge is 0.272 e. The van der Waals surface area contributed by atoms with Crippen molar-refractivity contribution in [2.75, 3.05) is 0 Å². The second-order valence-electron chi connectivity index (χ2n) is 6.94. The van der Waals surface area contributed by atoms with Crippen molar-refractivity contribution in [1.29, 1.82) is 0 Å². The topological polar surface area (TPSA) is 49.7 Å². The second-order valence-corrected chi connectivity index (χ2v) is 7.38. The normalized spacial score (nSPS) is 40.0. The van der Waals surface area contributed by atoms with Crippen LogP contribution < -0.4 is 0 Å². The molecular formula is C18H15ClN2O2. The number of imide groups is 1. The van der Waals surface area contributed by atoms with Crippen LogP contribution in [0.1, 0.15) is 12.0 Å². The van der Waals surface area contributed by atoms with Crippen molar-refractivity contribution in [2.24, 2.45) is 40.6 Å². The quantitative estimate of drug-likeness (QED) is 0.476. The first-order valence-electron chi connectivity index (χ1n) is 8.01. The zero-order valence-corrected chi connectivity index (χ0v) is 13.1. The molecule has 0 spiro atoms. The summed E-state index contributed by atoms with van der Waals surface area (Å²) in [6.45, 7) is 0. The van der Waals surface area contributed by atoms with Crippen LogP contribution in [0.25, 0.3) is 0 Å². The molecule has 0 N–H and O–H groups in total. The minimum absolute atomic E-state index is 0.136. The summed E-state index contributed by atoms with van der Waals surface area (Å²) >= 11 is 5.95. The van der Waals surface area contributed by atoms with Crippen LogP contribution in [-0.4, -0.2) is 23.0 Å². The van der Waals surface area contributed by atoms with Gasteiger partial charge in [-0.05, 0) is 47.8 Å². The maximum Gasteiger partial charge on any atom is 0.254 e. The lowest BCUT2D eigenvalue weighted by Crippen LogP contribution is -2.40. The monoisotopic (exact) mass is 326 g/mol. The Kier molecular flexibility index (Phi) is 2.66. The van der Waals surface area contributed by atoms with E-state index < -0.39 is 0 Å². The van der Waals surface area contributed by atoms with Crippen LogP contribution >= 0.6 is 11.6 Å². The van der Waals surface area contributed by atoms with Gasteiger partial charge in [-0.2, -0.15) is 10.1 Å². The lowest BCUT2D eigenvalue weighted by molar-refractivity contribution is -0.140. The van der Waals surface area contributed by atoms with Crippen molar-refractivity contribution < 1.29 is 9.59 Å². The van der Waals surface area contributed by atoms with Crippen LogP contribution in [0.3, 0.4) is 0 Å². The second kappa shape index (κ2) is 4.54. The van der Waals surface area contributed by atoms with Crippen LogP contribution in [0.15, 0.2) is 41.5 Å². The predicted octanol–water partition coefficient (Wildman–Crippen LogP) is 2.73. The Balaban J connectivity index is 1.45. The van der Waals surface area contributed by atoms with E-state index in [1.54, 1.807) is 12.1 Å². The summed E-state index contributed by atoms with van der Waals surface area (Å²) in [6, 6.07) is 7.18. The molecule has 6 rings (SSSR count). The van der Waals surface area contributed by atoms with Gasteiger partial charge in [-0.3, -0.25) is 9.59 Å². The van der Waals surface area contributed by atoms with Crippen LogP contribution in [-0.2, 0) is 9.59 Å². The maximum absolute atomic E-state index is 12.7. The number of hydrogen-bond acceptors (Lipinski definition) is 3. The average Bonchev–Trinajstić information content (AvgIpc) is 3.32. The molecule has 1 heterocycles. The van der Waals surface area contributed by atoms with Gasteiger partial charge < -0.3 is 0 Å². The van der Waals surface area contributed by atoms with E-state index in [9.17, 15) is 9.59 Å². The van der Waals surface area contributed by atoms with Gasteiger partial charge in [0, 0.05) is 5.02 Å². The van der Waals surface area contributed by atoms with Crippen LogP contribution in [0, 0.1) is 35.5 Å². The number of rotatable bonds is 2. The molecule has 4 aliphatic carbocycles. The van der Waals surface area contributed by atoms with Crippen molar-refractivity contribution in [1.82, 2.24) is 5.01 Å². The highest BCUT2D eigenvalue weighted by molar-refractivity contribution is 6.30. The summed E-state index contributed by atoms with van der Waals surface area (Å²) in [4.78, 5) is 25.4. The van der Waals surface area contributed by atoms with Gasteiger partial charge in [0.1, 0.15) is 0 Å². The molecule has 2 saturated carbocycles. The van der Waals surface area contributed by atoms with Crippen LogP contribution in [0.4, 0.5) is 0 Å². The lowest BCUT2D eigenvalue weighted by Gasteiger charge is -2.37. The molecule has 0 radical (unpaired) electrons. The van der Waals surface area contributed by atoms with E-state index in [0.717, 1.165) is 10.6 Å². The SMILES string of the molecule is O=C1[C@@H]2[C@H]3C=C[C@@H]([C@@H]4C[C@@H]34)[C@@H]2C(=O)N1/N=C\c1cccc(Cl)c1. The number of hydrogen-bond donors (Lipinski definition) is 0. The Bertz CT molecular complexity index is 751. The van der Waals surface area contributed by atoms with Crippen LogP contribution in [0.5, 0.6) is 0 Å². The molecule has 1 aromatic carbocycles. The van der Waals surface area contributed by atoms with Gasteiger partial charge in [-0.1, -0.05) is 35.9 Å². The molecule has 3 fully saturated rings. The summed E-state index contributed by atoms with van der Waals surface area (Å²) in [7, 11) is 0. The van der Waals surface area contributed by atoms with Crippen molar-refractivity contribution >= 4 is 29.6 Å². The van der Waals surface area contributed by atoms with Gasteiger partial charge in [-0.25, -0.2) is 0 Å². The number of allylic oxidation sites excluding steroid dienone is 2. The summed E-state index contributed by atoms with van der Waals surface area (Å²) in [6.07, 6.45) is 7.03. The number of benzene rings is 1. The molecule has 6 atom stereocenters. The van der Waals surface area contributed by atoms with Crippen molar-refractivity contribution in [3.05, 3.63) is 47.0 Å². The molecule has 116 valence electrons. The third kappa shape index (κ3) is 1.81. The molecule has 2 bridgehead atoms. The smallest absolute Gasteiger partial charge is 0.254 e. The zero-order valence-electron chi connectivity index (χ0n) is 12.3. The number of carbonyl (C=O) groups is 2. The number of halogens is 1. The van der Waals surface area contributed by atoms with Gasteiger partial charge in [0.25, 0.3) is 11.8 Å².